The Balaban J connectivity index is 0.00000144. The Morgan fingerprint density at radius 1 is 1.11 bits per heavy atom. The van der Waals surface area contributed by atoms with E-state index in [1.807, 2.05) is 43.4 Å². The normalized spacial score (nSPS) is 8.78. The lowest BCUT2D eigenvalue weighted by Gasteiger charge is -2.08. The number of benzene rings is 1. The second-order valence-corrected chi connectivity index (χ2v) is 3.38. The summed E-state index contributed by atoms with van der Waals surface area (Å²) < 4.78 is 5.31. The molecule has 3 nitrogen and oxygen atoms in total. The Kier molecular flexibility index (Phi) is 7.17. The predicted octanol–water partition coefficient (Wildman–Crippen LogP) is 3.64. The highest BCUT2D eigenvalue weighted by molar-refractivity contribution is 5.85. The molecule has 0 aliphatic carbocycles. The molecule has 0 spiro atoms. The molecule has 0 aliphatic heterocycles. The Morgan fingerprint density at radius 2 is 1.83 bits per heavy atom. The van der Waals surface area contributed by atoms with Crippen molar-refractivity contribution in [3.63, 3.8) is 0 Å². The lowest BCUT2D eigenvalue weighted by molar-refractivity contribution is 0.416. The van der Waals surface area contributed by atoms with Crippen LogP contribution in [0.1, 0.15) is 0 Å². The predicted molar refractivity (Wildman–Crippen MR) is 80.3 cm³/mol. The molecule has 0 saturated heterocycles. The third kappa shape index (κ3) is 3.52. The van der Waals surface area contributed by atoms with Crippen LogP contribution >= 0.6 is 24.8 Å². The molecule has 0 saturated carbocycles. The van der Waals surface area contributed by atoms with Crippen LogP contribution < -0.4 is 10.1 Å². The van der Waals surface area contributed by atoms with Gasteiger partial charge in [-0.25, -0.2) is 0 Å². The van der Waals surface area contributed by atoms with Crippen LogP contribution in [0.5, 0.6) is 5.75 Å². The van der Waals surface area contributed by atoms with Crippen LogP contribution in [-0.2, 0) is 0 Å². The van der Waals surface area contributed by atoms with E-state index in [9.17, 15) is 0 Å². The van der Waals surface area contributed by atoms with Gasteiger partial charge in [0.2, 0.25) is 0 Å². The molecule has 1 aromatic heterocycles. The number of methoxy groups -OCH3 is 1. The van der Waals surface area contributed by atoms with E-state index in [0.29, 0.717) is 0 Å². The number of halogens is 2. The summed E-state index contributed by atoms with van der Waals surface area (Å²) in [6, 6.07) is 11.8. The third-order valence-electron chi connectivity index (χ3n) is 2.43. The number of para-hydroxylation sites is 1. The van der Waals surface area contributed by atoms with Crippen LogP contribution in [-0.4, -0.2) is 19.1 Å². The number of rotatable bonds is 3. The molecule has 98 valence electrons. The molecule has 0 fully saturated rings. The van der Waals surface area contributed by atoms with E-state index in [1.165, 1.54) is 0 Å². The van der Waals surface area contributed by atoms with Crippen molar-refractivity contribution >= 4 is 30.5 Å². The summed E-state index contributed by atoms with van der Waals surface area (Å²) in [5, 5.41) is 3.09. The quantitative estimate of drug-likeness (QED) is 0.935. The van der Waals surface area contributed by atoms with Crippen LogP contribution in [0.2, 0.25) is 0 Å². The monoisotopic (exact) mass is 286 g/mol. The van der Waals surface area contributed by atoms with E-state index in [-0.39, 0.29) is 24.8 Å². The van der Waals surface area contributed by atoms with E-state index in [1.54, 1.807) is 13.3 Å². The van der Waals surface area contributed by atoms with Crippen molar-refractivity contribution in [2.45, 2.75) is 0 Å². The number of hydrogen-bond donors (Lipinski definition) is 1. The first-order valence-corrected chi connectivity index (χ1v) is 5.12. The second-order valence-electron chi connectivity index (χ2n) is 3.38. The van der Waals surface area contributed by atoms with Crippen LogP contribution in [0.15, 0.2) is 42.6 Å². The number of pyridine rings is 1. The number of nitrogens with one attached hydrogen (secondary N) is 1. The first-order chi connectivity index (χ1) is 7.85. The van der Waals surface area contributed by atoms with Gasteiger partial charge in [0.15, 0.2) is 0 Å². The standard InChI is InChI=1S/C13H14N2O.2ClH/c1-14-10-7-8-15-12(9-10)11-5-3-4-6-13(11)16-2;;/h3-9H,1-2H3,(H,14,15);2*1H. The van der Waals surface area contributed by atoms with Gasteiger partial charge < -0.3 is 10.1 Å². The smallest absolute Gasteiger partial charge is 0.128 e. The fraction of sp³-hybridized carbons (Fsp3) is 0.154. The highest BCUT2D eigenvalue weighted by atomic mass is 35.5. The van der Waals surface area contributed by atoms with Crippen molar-refractivity contribution in [3.05, 3.63) is 42.6 Å². The molecule has 5 heteroatoms. The van der Waals surface area contributed by atoms with Crippen molar-refractivity contribution in [3.8, 4) is 17.0 Å². The van der Waals surface area contributed by atoms with Crippen molar-refractivity contribution in [2.75, 3.05) is 19.5 Å². The fourth-order valence-corrected chi connectivity index (χ4v) is 1.59. The van der Waals surface area contributed by atoms with E-state index < -0.39 is 0 Å². The Hall–Kier alpha value is -1.45. The molecule has 1 aromatic carbocycles. The molecular weight excluding hydrogens is 271 g/mol. The molecule has 0 bridgehead atoms. The Morgan fingerprint density at radius 3 is 2.50 bits per heavy atom. The number of aromatic nitrogens is 1. The molecule has 18 heavy (non-hydrogen) atoms. The zero-order valence-corrected chi connectivity index (χ0v) is 11.8. The fourth-order valence-electron chi connectivity index (χ4n) is 1.59. The molecule has 0 radical (unpaired) electrons. The van der Waals surface area contributed by atoms with Gasteiger partial charge in [0.05, 0.1) is 12.8 Å². The summed E-state index contributed by atoms with van der Waals surface area (Å²) in [6.45, 7) is 0. The number of anilines is 1. The van der Waals surface area contributed by atoms with Gasteiger partial charge in [-0.3, -0.25) is 4.98 Å². The first kappa shape index (κ1) is 16.6. The van der Waals surface area contributed by atoms with Gasteiger partial charge in [0.1, 0.15) is 5.75 Å². The molecule has 0 unspecified atom stereocenters. The maximum atomic E-state index is 5.31. The maximum Gasteiger partial charge on any atom is 0.128 e. The molecule has 0 aliphatic rings. The lowest BCUT2D eigenvalue weighted by Crippen LogP contribution is -1.92. The minimum Gasteiger partial charge on any atom is -0.496 e. The van der Waals surface area contributed by atoms with Crippen molar-refractivity contribution in [2.24, 2.45) is 0 Å². The average molecular weight is 287 g/mol. The summed E-state index contributed by atoms with van der Waals surface area (Å²) in [5.41, 5.74) is 2.95. The van der Waals surface area contributed by atoms with Gasteiger partial charge in [-0.15, -0.1) is 24.8 Å². The Labute approximate surface area is 119 Å². The van der Waals surface area contributed by atoms with E-state index in [2.05, 4.69) is 10.3 Å². The van der Waals surface area contributed by atoms with Gasteiger partial charge in [-0.2, -0.15) is 0 Å². The number of nitrogens with zero attached hydrogens (tertiary/aromatic N) is 1. The number of hydrogen-bond acceptors (Lipinski definition) is 3. The van der Waals surface area contributed by atoms with Crippen molar-refractivity contribution in [1.29, 1.82) is 0 Å². The molecule has 2 aromatic rings. The lowest BCUT2D eigenvalue weighted by atomic mass is 10.1. The van der Waals surface area contributed by atoms with Gasteiger partial charge in [0, 0.05) is 24.5 Å². The van der Waals surface area contributed by atoms with Crippen LogP contribution in [0, 0.1) is 0 Å². The second kappa shape index (κ2) is 7.80. The van der Waals surface area contributed by atoms with Gasteiger partial charge in [0.25, 0.3) is 0 Å². The van der Waals surface area contributed by atoms with Gasteiger partial charge in [-0.1, -0.05) is 12.1 Å². The average Bonchev–Trinajstić information content (AvgIpc) is 2.38. The number of ether oxygens (including phenoxy) is 1. The zero-order chi connectivity index (χ0) is 11.4. The summed E-state index contributed by atoms with van der Waals surface area (Å²) >= 11 is 0. The zero-order valence-electron chi connectivity index (χ0n) is 10.2. The third-order valence-corrected chi connectivity index (χ3v) is 2.43. The summed E-state index contributed by atoms with van der Waals surface area (Å²) in [5.74, 6) is 0.836. The highest BCUT2D eigenvalue weighted by Gasteiger charge is 2.05. The van der Waals surface area contributed by atoms with Gasteiger partial charge >= 0.3 is 0 Å². The summed E-state index contributed by atoms with van der Waals surface area (Å²) in [7, 11) is 3.56. The minimum absolute atomic E-state index is 0. The largest absolute Gasteiger partial charge is 0.496 e. The molecule has 1 N–H and O–H groups in total. The highest BCUT2D eigenvalue weighted by Crippen LogP contribution is 2.28. The Bertz CT molecular complexity index is 492. The first-order valence-electron chi connectivity index (χ1n) is 5.12. The van der Waals surface area contributed by atoms with E-state index in [4.69, 9.17) is 4.74 Å². The topological polar surface area (TPSA) is 34.2 Å². The molecule has 2 rings (SSSR count). The van der Waals surface area contributed by atoms with Crippen LogP contribution in [0.4, 0.5) is 5.69 Å². The maximum absolute atomic E-state index is 5.31. The SMILES string of the molecule is CNc1ccnc(-c2ccccc2OC)c1.Cl.Cl. The van der Waals surface area contributed by atoms with Crippen LogP contribution in [0.25, 0.3) is 11.3 Å². The van der Waals surface area contributed by atoms with Crippen molar-refractivity contribution < 1.29 is 4.74 Å². The minimum atomic E-state index is 0. The molecule has 0 atom stereocenters. The van der Waals surface area contributed by atoms with Crippen LogP contribution in [0.3, 0.4) is 0 Å². The molecular formula is C13H16Cl2N2O. The van der Waals surface area contributed by atoms with E-state index in [0.717, 1.165) is 22.7 Å². The molecule has 0 amide bonds. The molecule has 1 heterocycles. The summed E-state index contributed by atoms with van der Waals surface area (Å²) in [4.78, 5) is 4.35. The van der Waals surface area contributed by atoms with Gasteiger partial charge in [-0.05, 0) is 24.3 Å². The van der Waals surface area contributed by atoms with E-state index >= 15 is 0 Å². The van der Waals surface area contributed by atoms with Crippen molar-refractivity contribution in [1.82, 2.24) is 4.98 Å². The summed E-state index contributed by atoms with van der Waals surface area (Å²) in [6.07, 6.45) is 1.79.